The fourth-order valence-electron chi connectivity index (χ4n) is 4.73. The van der Waals surface area contributed by atoms with Gasteiger partial charge in [-0.15, -0.1) is 0 Å². The third kappa shape index (κ3) is 1.68. The fraction of sp³-hybridized carbons (Fsp3) is 0.588. The van der Waals surface area contributed by atoms with Crippen molar-refractivity contribution >= 4 is 5.97 Å². The lowest BCUT2D eigenvalue weighted by Gasteiger charge is -2.53. The van der Waals surface area contributed by atoms with Gasteiger partial charge in [-0.05, 0) is 67.2 Å². The molecule has 0 aliphatic heterocycles. The Bertz CT molecular complexity index is 565. The average molecular weight is 274 g/mol. The number of hydrogen-bond donors (Lipinski definition) is 2. The summed E-state index contributed by atoms with van der Waals surface area (Å²) in [5.74, 6) is -0.170. The van der Waals surface area contributed by atoms with Gasteiger partial charge in [-0.3, -0.25) is 4.79 Å². The Kier molecular flexibility index (Phi) is 2.86. The summed E-state index contributed by atoms with van der Waals surface area (Å²) in [7, 11) is 0. The van der Waals surface area contributed by atoms with Crippen LogP contribution in [0.25, 0.3) is 0 Å². The highest BCUT2D eigenvalue weighted by Gasteiger charge is 2.55. The van der Waals surface area contributed by atoms with E-state index in [4.69, 9.17) is 0 Å². The average Bonchev–Trinajstić information content (AvgIpc) is 2.37. The minimum absolute atomic E-state index is 0.0767. The molecule has 0 radical (unpaired) electrons. The summed E-state index contributed by atoms with van der Waals surface area (Å²) < 4.78 is 0. The number of fused-ring (bicyclic) bond motifs is 3. The number of carboxylic acid groups (broad SMARTS) is 1. The third-order valence-corrected chi connectivity index (χ3v) is 5.83. The van der Waals surface area contributed by atoms with Crippen LogP contribution in [0.1, 0.15) is 50.7 Å². The molecule has 0 spiro atoms. The summed E-state index contributed by atoms with van der Waals surface area (Å²) in [6, 6.07) is 5.59. The van der Waals surface area contributed by atoms with Gasteiger partial charge < -0.3 is 10.2 Å². The molecule has 0 heterocycles. The first-order valence-corrected chi connectivity index (χ1v) is 7.44. The summed E-state index contributed by atoms with van der Waals surface area (Å²) in [6.45, 7) is 4.13. The number of carbonyl (C=O) groups is 1. The molecule has 1 saturated carbocycles. The van der Waals surface area contributed by atoms with E-state index in [9.17, 15) is 15.0 Å². The molecular formula is C17H22O3. The topological polar surface area (TPSA) is 57.5 Å². The Morgan fingerprint density at radius 2 is 2.05 bits per heavy atom. The Morgan fingerprint density at radius 3 is 2.75 bits per heavy atom. The maximum absolute atomic E-state index is 11.8. The van der Waals surface area contributed by atoms with Gasteiger partial charge in [-0.2, -0.15) is 0 Å². The van der Waals surface area contributed by atoms with Gasteiger partial charge in [0.25, 0.3) is 0 Å². The van der Waals surface area contributed by atoms with Crippen LogP contribution in [0.4, 0.5) is 0 Å². The maximum Gasteiger partial charge on any atom is 0.309 e. The van der Waals surface area contributed by atoms with Gasteiger partial charge in [0.2, 0.25) is 0 Å². The first-order chi connectivity index (χ1) is 9.38. The first-order valence-electron chi connectivity index (χ1n) is 7.44. The summed E-state index contributed by atoms with van der Waals surface area (Å²) in [6.07, 6.45) is 4.53. The number of carboxylic acids is 1. The van der Waals surface area contributed by atoms with Crippen molar-refractivity contribution in [1.29, 1.82) is 0 Å². The largest absolute Gasteiger partial charge is 0.508 e. The van der Waals surface area contributed by atoms with Gasteiger partial charge in [0.1, 0.15) is 5.75 Å². The quantitative estimate of drug-likeness (QED) is 0.824. The number of rotatable bonds is 1. The SMILES string of the molecule is C[C@@]12CCC[C@](C)(C(=O)O)[C@@H]1CCc1cc(O)ccc12. The maximum atomic E-state index is 11.8. The van der Waals surface area contributed by atoms with Crippen LogP contribution >= 0.6 is 0 Å². The molecule has 20 heavy (non-hydrogen) atoms. The number of phenols is 1. The van der Waals surface area contributed by atoms with Crippen molar-refractivity contribution < 1.29 is 15.0 Å². The summed E-state index contributed by atoms with van der Waals surface area (Å²) >= 11 is 0. The van der Waals surface area contributed by atoms with Gasteiger partial charge in [-0.25, -0.2) is 0 Å². The summed E-state index contributed by atoms with van der Waals surface area (Å²) in [4.78, 5) is 11.8. The lowest BCUT2D eigenvalue weighted by molar-refractivity contribution is -0.157. The molecule has 3 rings (SSSR count). The van der Waals surface area contributed by atoms with E-state index in [0.29, 0.717) is 5.75 Å². The molecule has 0 amide bonds. The molecule has 2 aliphatic rings. The molecule has 2 N–H and O–H groups in total. The van der Waals surface area contributed by atoms with E-state index in [2.05, 4.69) is 6.92 Å². The van der Waals surface area contributed by atoms with Crippen molar-refractivity contribution in [2.24, 2.45) is 11.3 Å². The van der Waals surface area contributed by atoms with E-state index < -0.39 is 11.4 Å². The number of benzene rings is 1. The number of aliphatic carboxylic acids is 1. The fourth-order valence-corrected chi connectivity index (χ4v) is 4.73. The second-order valence-corrected chi connectivity index (χ2v) is 6.93. The molecule has 3 atom stereocenters. The Hall–Kier alpha value is -1.51. The molecule has 0 saturated heterocycles. The molecule has 0 aromatic heterocycles. The smallest absolute Gasteiger partial charge is 0.309 e. The van der Waals surface area contributed by atoms with Crippen LogP contribution in [0.2, 0.25) is 0 Å². The zero-order valence-corrected chi connectivity index (χ0v) is 12.1. The zero-order chi connectivity index (χ0) is 14.5. The second-order valence-electron chi connectivity index (χ2n) is 6.93. The predicted octanol–water partition coefficient (Wildman–Crippen LogP) is 3.49. The van der Waals surface area contributed by atoms with E-state index in [1.807, 2.05) is 19.1 Å². The van der Waals surface area contributed by atoms with Crippen LogP contribution in [-0.4, -0.2) is 16.2 Å². The molecule has 2 aliphatic carbocycles. The first kappa shape index (κ1) is 13.5. The highest BCUT2D eigenvalue weighted by Crippen LogP contribution is 2.57. The van der Waals surface area contributed by atoms with Gasteiger partial charge in [-0.1, -0.05) is 19.4 Å². The van der Waals surface area contributed by atoms with Crippen LogP contribution in [0.15, 0.2) is 18.2 Å². The lowest BCUT2D eigenvalue weighted by atomic mass is 9.50. The van der Waals surface area contributed by atoms with Crippen LogP contribution < -0.4 is 0 Å². The molecule has 108 valence electrons. The van der Waals surface area contributed by atoms with Gasteiger partial charge >= 0.3 is 5.97 Å². The number of phenolic OH excluding ortho intramolecular Hbond substituents is 1. The van der Waals surface area contributed by atoms with Gasteiger partial charge in [0.05, 0.1) is 5.41 Å². The van der Waals surface area contributed by atoms with Crippen molar-refractivity contribution in [2.75, 3.05) is 0 Å². The normalized spacial score (nSPS) is 36.0. The van der Waals surface area contributed by atoms with Crippen molar-refractivity contribution in [2.45, 2.75) is 51.4 Å². The Labute approximate surface area is 119 Å². The number of aromatic hydroxyl groups is 1. The van der Waals surface area contributed by atoms with Crippen molar-refractivity contribution in [1.82, 2.24) is 0 Å². The molecule has 1 fully saturated rings. The third-order valence-electron chi connectivity index (χ3n) is 5.83. The monoisotopic (exact) mass is 274 g/mol. The van der Waals surface area contributed by atoms with Gasteiger partial charge in [0.15, 0.2) is 0 Å². The highest BCUT2D eigenvalue weighted by atomic mass is 16.4. The molecular weight excluding hydrogens is 252 g/mol. The molecule has 1 aromatic carbocycles. The summed E-state index contributed by atoms with van der Waals surface area (Å²) in [5.41, 5.74) is 1.74. The minimum Gasteiger partial charge on any atom is -0.508 e. The molecule has 3 heteroatoms. The van der Waals surface area contributed by atoms with E-state index in [0.717, 1.165) is 32.1 Å². The molecule has 0 bridgehead atoms. The van der Waals surface area contributed by atoms with Crippen molar-refractivity contribution in [3.8, 4) is 5.75 Å². The van der Waals surface area contributed by atoms with Gasteiger partial charge in [0, 0.05) is 0 Å². The van der Waals surface area contributed by atoms with E-state index in [1.165, 1.54) is 11.1 Å². The number of hydrogen-bond acceptors (Lipinski definition) is 2. The molecule has 0 unspecified atom stereocenters. The zero-order valence-electron chi connectivity index (χ0n) is 12.1. The van der Waals surface area contributed by atoms with Crippen molar-refractivity contribution in [3.63, 3.8) is 0 Å². The molecule has 1 aromatic rings. The minimum atomic E-state index is -0.657. The van der Waals surface area contributed by atoms with Crippen LogP contribution in [0.3, 0.4) is 0 Å². The predicted molar refractivity (Wildman–Crippen MR) is 76.9 cm³/mol. The van der Waals surface area contributed by atoms with E-state index >= 15 is 0 Å². The van der Waals surface area contributed by atoms with E-state index in [1.54, 1.807) is 6.07 Å². The lowest BCUT2D eigenvalue weighted by Crippen LogP contribution is -2.52. The Balaban J connectivity index is 2.12. The van der Waals surface area contributed by atoms with Crippen LogP contribution in [0.5, 0.6) is 5.75 Å². The number of aryl methyl sites for hydroxylation is 1. The standard InChI is InChI=1S/C17H22O3/c1-16-8-3-9-17(2,15(19)20)14(16)7-4-11-10-12(18)5-6-13(11)16/h5-6,10,14,18H,3-4,7-9H2,1-2H3,(H,19,20)/t14-,16+,17+/m1/s1. The van der Waals surface area contributed by atoms with Crippen LogP contribution in [-0.2, 0) is 16.6 Å². The van der Waals surface area contributed by atoms with E-state index in [-0.39, 0.29) is 11.3 Å². The van der Waals surface area contributed by atoms with Crippen molar-refractivity contribution in [3.05, 3.63) is 29.3 Å². The van der Waals surface area contributed by atoms with Crippen LogP contribution in [0, 0.1) is 11.3 Å². The highest BCUT2D eigenvalue weighted by molar-refractivity contribution is 5.75. The Morgan fingerprint density at radius 1 is 1.30 bits per heavy atom. The molecule has 3 nitrogen and oxygen atoms in total. The second kappa shape index (κ2) is 4.24. The summed E-state index contributed by atoms with van der Waals surface area (Å²) in [5, 5.41) is 19.4.